The topological polar surface area (TPSA) is 100 Å². The van der Waals surface area contributed by atoms with Crippen LogP contribution in [-0.2, 0) is 17.6 Å². The fraction of sp³-hybridized carbons (Fsp3) is 0.346. The predicted octanol–water partition coefficient (Wildman–Crippen LogP) is 3.74. The molecule has 0 radical (unpaired) electrons. The Balaban J connectivity index is 1.67. The lowest BCUT2D eigenvalue weighted by atomic mass is 9.99. The number of amides is 2. The maximum absolute atomic E-state index is 13.3. The third-order valence-corrected chi connectivity index (χ3v) is 6.32. The van der Waals surface area contributed by atoms with Crippen LogP contribution in [0.2, 0.25) is 5.02 Å². The Bertz CT molecular complexity index is 1170. The van der Waals surface area contributed by atoms with Crippen LogP contribution in [0.3, 0.4) is 0 Å². The molecular formula is C26H26ClN3O4. The van der Waals surface area contributed by atoms with Gasteiger partial charge >= 0.3 is 0 Å². The Morgan fingerprint density at radius 3 is 2.79 bits per heavy atom. The van der Waals surface area contributed by atoms with Crippen LogP contribution < -0.4 is 20.1 Å². The highest BCUT2D eigenvalue weighted by Crippen LogP contribution is 2.34. The summed E-state index contributed by atoms with van der Waals surface area (Å²) in [5, 5.41) is 15.5. The molecule has 2 aliphatic heterocycles. The molecule has 2 aromatic carbocycles. The molecule has 8 heteroatoms. The third kappa shape index (κ3) is 5.52. The summed E-state index contributed by atoms with van der Waals surface area (Å²) < 4.78 is 11.1. The van der Waals surface area contributed by atoms with Gasteiger partial charge in [0.1, 0.15) is 29.7 Å². The van der Waals surface area contributed by atoms with Crippen molar-refractivity contribution in [1.29, 1.82) is 5.26 Å². The molecule has 5 rings (SSSR count). The number of benzene rings is 2. The van der Waals surface area contributed by atoms with E-state index in [1.807, 2.05) is 24.3 Å². The Kier molecular flexibility index (Phi) is 7.09. The van der Waals surface area contributed by atoms with Gasteiger partial charge in [-0.05, 0) is 67.1 Å². The number of hydrogen-bond acceptors (Lipinski definition) is 5. The van der Waals surface area contributed by atoms with Gasteiger partial charge in [0.2, 0.25) is 5.91 Å². The zero-order valence-corrected chi connectivity index (χ0v) is 19.7. The van der Waals surface area contributed by atoms with Crippen LogP contribution in [0.25, 0.3) is 0 Å². The molecule has 0 aromatic heterocycles. The molecule has 7 nitrogen and oxygen atoms in total. The number of ether oxygens (including phenoxy) is 2. The summed E-state index contributed by atoms with van der Waals surface area (Å²) in [6, 6.07) is 11.9. The number of nitrogens with zero attached hydrogens (tertiary/aromatic N) is 1. The summed E-state index contributed by atoms with van der Waals surface area (Å²) in [5.74, 6) is 0.440. The van der Waals surface area contributed by atoms with Crippen molar-refractivity contribution in [2.24, 2.45) is 0 Å². The van der Waals surface area contributed by atoms with Gasteiger partial charge in [0.15, 0.2) is 0 Å². The van der Waals surface area contributed by atoms with Gasteiger partial charge in [0, 0.05) is 12.0 Å². The van der Waals surface area contributed by atoms with E-state index in [1.165, 1.54) is 0 Å². The second kappa shape index (κ2) is 10.2. The fourth-order valence-corrected chi connectivity index (χ4v) is 4.13. The molecule has 2 bridgehead atoms. The van der Waals surface area contributed by atoms with Crippen molar-refractivity contribution in [2.45, 2.75) is 43.7 Å². The molecule has 0 unspecified atom stereocenters. The third-order valence-electron chi connectivity index (χ3n) is 6.02. The predicted molar refractivity (Wildman–Crippen MR) is 128 cm³/mol. The first kappa shape index (κ1) is 23.7. The number of nitrogens with one attached hydrogen (secondary N) is 2. The quantitative estimate of drug-likeness (QED) is 0.653. The second-order valence-electron chi connectivity index (χ2n) is 8.52. The average molecular weight is 480 g/mol. The highest BCUT2D eigenvalue weighted by molar-refractivity contribution is 6.32. The maximum atomic E-state index is 13.3. The van der Waals surface area contributed by atoms with E-state index in [-0.39, 0.29) is 12.3 Å². The zero-order valence-electron chi connectivity index (χ0n) is 18.9. The molecule has 176 valence electrons. The van der Waals surface area contributed by atoms with Crippen LogP contribution in [0, 0.1) is 11.3 Å². The van der Waals surface area contributed by atoms with Crippen molar-refractivity contribution < 1.29 is 19.1 Å². The summed E-state index contributed by atoms with van der Waals surface area (Å²) in [5.41, 5.74) is 1.21. The summed E-state index contributed by atoms with van der Waals surface area (Å²) in [6.07, 6.45) is 6.62. The van der Waals surface area contributed by atoms with Gasteiger partial charge in [-0.2, -0.15) is 5.26 Å². The number of halogens is 1. The Morgan fingerprint density at radius 2 is 2.09 bits per heavy atom. The lowest BCUT2D eigenvalue weighted by Crippen LogP contribution is -2.51. The molecule has 2 N–H and O–H groups in total. The molecule has 1 saturated carbocycles. The summed E-state index contributed by atoms with van der Waals surface area (Å²) in [6.45, 7) is 0.367. The molecule has 0 spiro atoms. The number of rotatable bonds is 3. The highest BCUT2D eigenvalue weighted by Gasteiger charge is 2.45. The van der Waals surface area contributed by atoms with Crippen molar-refractivity contribution in [3.63, 3.8) is 0 Å². The van der Waals surface area contributed by atoms with Crippen LogP contribution >= 0.6 is 11.6 Å². The molecule has 3 aliphatic rings. The molecule has 1 fully saturated rings. The normalized spacial score (nSPS) is 20.1. The summed E-state index contributed by atoms with van der Waals surface area (Å²) in [7, 11) is 1.58. The fourth-order valence-electron chi connectivity index (χ4n) is 3.87. The standard InChI is InChI=1S/C26H26ClN3O4/c1-33-19-7-8-20-18(15-19)5-3-2-4-12-34-23-9-6-17(13-21(23)27)14-22(29-24(20)31)25(32)30-26(16-28)10-11-26/h2,4,6-9,13,15,22H,3,5,10-12,14H2,1H3,(H,29,31)(H,30,32)/b4-2+/t22-/m0/s1. The number of allylic oxidation sites excluding steroid dienone is 1. The lowest BCUT2D eigenvalue weighted by molar-refractivity contribution is -0.123. The number of aryl methyl sites for hydroxylation is 1. The van der Waals surface area contributed by atoms with Crippen molar-refractivity contribution in [1.82, 2.24) is 10.6 Å². The van der Waals surface area contributed by atoms with E-state index in [4.69, 9.17) is 21.1 Å². The molecule has 2 heterocycles. The van der Waals surface area contributed by atoms with Crippen LogP contribution in [0.1, 0.15) is 40.7 Å². The average Bonchev–Trinajstić information content (AvgIpc) is 3.60. The van der Waals surface area contributed by atoms with Gasteiger partial charge in [0.25, 0.3) is 5.91 Å². The van der Waals surface area contributed by atoms with E-state index < -0.39 is 17.5 Å². The van der Waals surface area contributed by atoms with Crippen molar-refractivity contribution in [3.8, 4) is 17.6 Å². The maximum Gasteiger partial charge on any atom is 0.252 e. The van der Waals surface area contributed by atoms with Gasteiger partial charge in [-0.1, -0.05) is 29.8 Å². The van der Waals surface area contributed by atoms with Crippen LogP contribution in [0.5, 0.6) is 11.5 Å². The summed E-state index contributed by atoms with van der Waals surface area (Å²) >= 11 is 6.39. The first-order chi connectivity index (χ1) is 16.4. The van der Waals surface area contributed by atoms with E-state index in [0.29, 0.717) is 54.4 Å². The largest absolute Gasteiger partial charge is 0.497 e. The Morgan fingerprint density at radius 1 is 1.26 bits per heavy atom. The number of hydrogen-bond donors (Lipinski definition) is 2. The number of nitriles is 1. The van der Waals surface area contributed by atoms with Crippen LogP contribution in [0.15, 0.2) is 48.6 Å². The number of methoxy groups -OCH3 is 1. The van der Waals surface area contributed by atoms with E-state index in [2.05, 4.69) is 16.7 Å². The lowest BCUT2D eigenvalue weighted by Gasteiger charge is -2.22. The van der Waals surface area contributed by atoms with Gasteiger partial charge in [-0.15, -0.1) is 0 Å². The number of carbonyl (C=O) groups excluding carboxylic acids is 2. The van der Waals surface area contributed by atoms with Crippen molar-refractivity contribution in [2.75, 3.05) is 13.7 Å². The smallest absolute Gasteiger partial charge is 0.252 e. The molecule has 34 heavy (non-hydrogen) atoms. The first-order valence-corrected chi connectivity index (χ1v) is 11.6. The molecule has 1 aliphatic carbocycles. The van der Waals surface area contributed by atoms with Crippen molar-refractivity contribution >= 4 is 23.4 Å². The minimum absolute atomic E-state index is 0.213. The van der Waals surface area contributed by atoms with Crippen molar-refractivity contribution in [3.05, 3.63) is 70.3 Å². The van der Waals surface area contributed by atoms with Gasteiger partial charge in [-0.3, -0.25) is 9.59 Å². The van der Waals surface area contributed by atoms with Gasteiger partial charge in [0.05, 0.1) is 18.2 Å². The number of carbonyl (C=O) groups is 2. The minimum Gasteiger partial charge on any atom is -0.497 e. The molecule has 0 saturated heterocycles. The van der Waals surface area contributed by atoms with Gasteiger partial charge < -0.3 is 20.1 Å². The molecule has 1 atom stereocenters. The molecule has 2 aromatic rings. The van der Waals surface area contributed by atoms with Crippen LogP contribution in [0.4, 0.5) is 0 Å². The Hall–Kier alpha value is -3.50. The van der Waals surface area contributed by atoms with E-state index in [1.54, 1.807) is 31.4 Å². The second-order valence-corrected chi connectivity index (χ2v) is 8.93. The highest BCUT2D eigenvalue weighted by atomic mass is 35.5. The SMILES string of the molecule is COc1ccc2c(c1)CC/C=C/COc1ccc(cc1Cl)C[C@@H](C(=O)NC1(C#N)CC1)NC2=O. The first-order valence-electron chi connectivity index (χ1n) is 11.2. The molecular weight excluding hydrogens is 454 g/mol. The molecule has 2 amide bonds. The zero-order chi connectivity index (χ0) is 24.1. The van der Waals surface area contributed by atoms with E-state index >= 15 is 0 Å². The number of fused-ring (bicyclic) bond motifs is 9. The van der Waals surface area contributed by atoms with E-state index in [9.17, 15) is 14.9 Å². The Labute approximate surface area is 203 Å². The minimum atomic E-state index is -0.885. The van der Waals surface area contributed by atoms with Gasteiger partial charge in [-0.25, -0.2) is 0 Å². The summed E-state index contributed by atoms with van der Waals surface area (Å²) in [4.78, 5) is 26.5. The van der Waals surface area contributed by atoms with Crippen LogP contribution in [-0.4, -0.2) is 37.1 Å². The van der Waals surface area contributed by atoms with E-state index in [0.717, 1.165) is 11.1 Å². The monoisotopic (exact) mass is 479 g/mol.